The fourth-order valence-electron chi connectivity index (χ4n) is 2.34. The van der Waals surface area contributed by atoms with E-state index in [1.165, 1.54) is 18.6 Å². The van der Waals surface area contributed by atoms with Gasteiger partial charge in [-0.2, -0.15) is 0 Å². The first-order valence-corrected chi connectivity index (χ1v) is 5.82. The van der Waals surface area contributed by atoms with Crippen LogP contribution in [0.2, 0.25) is 0 Å². The van der Waals surface area contributed by atoms with Crippen molar-refractivity contribution >= 4 is 0 Å². The maximum Gasteiger partial charge on any atom is 0.126 e. The molecule has 0 radical (unpaired) electrons. The zero-order chi connectivity index (χ0) is 11.5. The zero-order valence-electron chi connectivity index (χ0n) is 9.47. The van der Waals surface area contributed by atoms with Gasteiger partial charge in [0.25, 0.3) is 0 Å². The summed E-state index contributed by atoms with van der Waals surface area (Å²) in [5.74, 6) is 0.00422. The Hall–Kier alpha value is -0.960. The molecule has 1 aliphatic rings. The minimum Gasteiger partial charge on any atom is -0.314 e. The fraction of sp³-hybridized carbons (Fsp3) is 0.538. The van der Waals surface area contributed by atoms with Gasteiger partial charge in [0.15, 0.2) is 0 Å². The van der Waals surface area contributed by atoms with E-state index in [1.807, 2.05) is 0 Å². The number of halogens is 2. The van der Waals surface area contributed by atoms with Crippen LogP contribution in [0.3, 0.4) is 0 Å². The first-order valence-electron chi connectivity index (χ1n) is 5.82. The molecule has 2 unspecified atom stereocenters. The van der Waals surface area contributed by atoms with Crippen molar-refractivity contribution < 1.29 is 8.78 Å². The van der Waals surface area contributed by atoms with Crippen molar-refractivity contribution in [2.75, 3.05) is 6.54 Å². The van der Waals surface area contributed by atoms with E-state index in [4.69, 9.17) is 0 Å². The van der Waals surface area contributed by atoms with Crippen LogP contribution in [-0.4, -0.2) is 12.6 Å². The van der Waals surface area contributed by atoms with Crippen LogP contribution in [0, 0.1) is 17.6 Å². The summed E-state index contributed by atoms with van der Waals surface area (Å²) >= 11 is 0. The van der Waals surface area contributed by atoms with Gasteiger partial charge in [-0.25, -0.2) is 8.78 Å². The molecule has 2 rings (SSSR count). The van der Waals surface area contributed by atoms with E-state index >= 15 is 0 Å². The highest BCUT2D eigenvalue weighted by Gasteiger charge is 2.19. The maximum atomic E-state index is 13.4. The minimum atomic E-state index is -0.361. The monoisotopic (exact) mass is 225 g/mol. The van der Waals surface area contributed by atoms with E-state index in [1.54, 1.807) is 0 Å². The second kappa shape index (κ2) is 4.91. The first kappa shape index (κ1) is 11.5. The molecular weight excluding hydrogens is 208 g/mol. The molecule has 0 bridgehead atoms. The molecule has 0 aromatic heterocycles. The third-order valence-electron chi connectivity index (χ3n) is 3.23. The molecule has 0 spiro atoms. The van der Waals surface area contributed by atoms with Crippen molar-refractivity contribution in [3.63, 3.8) is 0 Å². The summed E-state index contributed by atoms with van der Waals surface area (Å²) in [5.41, 5.74) is 0.478. The largest absolute Gasteiger partial charge is 0.314 e. The van der Waals surface area contributed by atoms with Crippen LogP contribution in [-0.2, 0) is 6.42 Å². The summed E-state index contributed by atoms with van der Waals surface area (Å²) < 4.78 is 26.4. The van der Waals surface area contributed by atoms with E-state index in [2.05, 4.69) is 12.2 Å². The molecule has 1 nitrogen and oxygen atoms in total. The quantitative estimate of drug-likeness (QED) is 0.816. The smallest absolute Gasteiger partial charge is 0.126 e. The Morgan fingerprint density at radius 3 is 2.94 bits per heavy atom. The Morgan fingerprint density at radius 2 is 2.19 bits per heavy atom. The second-order valence-corrected chi connectivity index (χ2v) is 4.72. The van der Waals surface area contributed by atoms with Crippen molar-refractivity contribution in [3.05, 3.63) is 35.4 Å². The summed E-state index contributed by atoms with van der Waals surface area (Å²) in [6.45, 7) is 3.18. The lowest BCUT2D eigenvalue weighted by Crippen LogP contribution is -2.38. The molecule has 0 amide bonds. The molecule has 1 fully saturated rings. The number of rotatable bonds is 2. The lowest BCUT2D eigenvalue weighted by molar-refractivity contribution is 0.316. The van der Waals surface area contributed by atoms with Gasteiger partial charge < -0.3 is 5.32 Å². The summed E-state index contributed by atoms with van der Waals surface area (Å²) in [6.07, 6.45) is 2.78. The van der Waals surface area contributed by atoms with Crippen molar-refractivity contribution in [2.24, 2.45) is 5.92 Å². The molecule has 1 aromatic carbocycles. The van der Waals surface area contributed by atoms with E-state index in [0.717, 1.165) is 19.0 Å². The van der Waals surface area contributed by atoms with Crippen molar-refractivity contribution in [1.29, 1.82) is 0 Å². The van der Waals surface area contributed by atoms with Crippen LogP contribution >= 0.6 is 0 Å². The predicted octanol–water partition coefficient (Wildman–Crippen LogP) is 2.90. The third kappa shape index (κ3) is 2.79. The molecule has 0 aliphatic carbocycles. The van der Waals surface area contributed by atoms with Crippen molar-refractivity contribution in [3.8, 4) is 0 Å². The van der Waals surface area contributed by atoms with Gasteiger partial charge >= 0.3 is 0 Å². The number of hydrogen-bond acceptors (Lipinski definition) is 1. The fourth-order valence-corrected chi connectivity index (χ4v) is 2.34. The Labute approximate surface area is 94.9 Å². The highest BCUT2D eigenvalue weighted by Crippen LogP contribution is 2.20. The normalized spacial score (nSPS) is 25.7. The summed E-state index contributed by atoms with van der Waals surface area (Å²) in [5, 5.41) is 3.36. The number of nitrogens with one attached hydrogen (secondary N) is 1. The Kier molecular flexibility index (Phi) is 3.54. The second-order valence-electron chi connectivity index (χ2n) is 4.72. The van der Waals surface area contributed by atoms with Gasteiger partial charge in [0.05, 0.1) is 0 Å². The third-order valence-corrected chi connectivity index (χ3v) is 3.23. The van der Waals surface area contributed by atoms with Gasteiger partial charge in [-0.1, -0.05) is 6.92 Å². The van der Waals surface area contributed by atoms with E-state index in [9.17, 15) is 8.78 Å². The molecule has 1 saturated heterocycles. The molecule has 1 aromatic rings. The SMILES string of the molecule is CC1CCNC(Cc2cc(F)ccc2F)C1. The van der Waals surface area contributed by atoms with Crippen LogP contribution in [0.4, 0.5) is 8.78 Å². The van der Waals surface area contributed by atoms with Gasteiger partial charge in [-0.05, 0) is 55.5 Å². The van der Waals surface area contributed by atoms with Gasteiger partial charge in [0.1, 0.15) is 11.6 Å². The molecule has 3 heteroatoms. The van der Waals surface area contributed by atoms with Crippen molar-refractivity contribution in [2.45, 2.75) is 32.2 Å². The van der Waals surface area contributed by atoms with Crippen LogP contribution < -0.4 is 5.32 Å². The standard InChI is InChI=1S/C13H17F2N/c1-9-4-5-16-12(6-9)8-10-7-11(14)2-3-13(10)15/h2-3,7,9,12,16H,4-6,8H2,1H3. The number of hydrogen-bond donors (Lipinski definition) is 1. The molecular formula is C13H17F2N. The minimum absolute atomic E-state index is 0.278. The topological polar surface area (TPSA) is 12.0 Å². The number of benzene rings is 1. The average Bonchev–Trinajstić information content (AvgIpc) is 2.24. The van der Waals surface area contributed by atoms with E-state index < -0.39 is 0 Å². The van der Waals surface area contributed by atoms with Crippen LogP contribution in [0.5, 0.6) is 0 Å². The Balaban J connectivity index is 2.05. The first-order chi connectivity index (χ1) is 7.65. The molecule has 16 heavy (non-hydrogen) atoms. The molecule has 0 saturated carbocycles. The van der Waals surface area contributed by atoms with Crippen LogP contribution in [0.15, 0.2) is 18.2 Å². The maximum absolute atomic E-state index is 13.4. The number of piperidine rings is 1. The average molecular weight is 225 g/mol. The summed E-state index contributed by atoms with van der Waals surface area (Å²) in [6, 6.07) is 3.95. The van der Waals surface area contributed by atoms with E-state index in [0.29, 0.717) is 17.9 Å². The van der Waals surface area contributed by atoms with Gasteiger partial charge in [0.2, 0.25) is 0 Å². The zero-order valence-corrected chi connectivity index (χ0v) is 9.47. The predicted molar refractivity (Wildman–Crippen MR) is 60.3 cm³/mol. The molecule has 88 valence electrons. The van der Waals surface area contributed by atoms with Gasteiger partial charge in [0, 0.05) is 6.04 Å². The lowest BCUT2D eigenvalue weighted by atomic mass is 9.90. The summed E-state index contributed by atoms with van der Waals surface area (Å²) in [4.78, 5) is 0. The molecule has 1 N–H and O–H groups in total. The van der Waals surface area contributed by atoms with E-state index in [-0.39, 0.29) is 17.7 Å². The molecule has 1 heterocycles. The van der Waals surface area contributed by atoms with Crippen LogP contribution in [0.1, 0.15) is 25.3 Å². The van der Waals surface area contributed by atoms with Gasteiger partial charge in [-0.15, -0.1) is 0 Å². The lowest BCUT2D eigenvalue weighted by Gasteiger charge is -2.28. The Bertz CT molecular complexity index is 365. The Morgan fingerprint density at radius 1 is 1.38 bits per heavy atom. The summed E-state index contributed by atoms with van der Waals surface area (Å²) in [7, 11) is 0. The van der Waals surface area contributed by atoms with Crippen LogP contribution in [0.25, 0.3) is 0 Å². The highest BCUT2D eigenvalue weighted by atomic mass is 19.1. The molecule has 1 aliphatic heterocycles. The molecule has 2 atom stereocenters. The van der Waals surface area contributed by atoms with Crippen molar-refractivity contribution in [1.82, 2.24) is 5.32 Å². The highest BCUT2D eigenvalue weighted by molar-refractivity contribution is 5.20. The van der Waals surface area contributed by atoms with Gasteiger partial charge in [-0.3, -0.25) is 0 Å².